The van der Waals surface area contributed by atoms with E-state index in [0.29, 0.717) is 12.6 Å². The fourth-order valence-electron chi connectivity index (χ4n) is 4.23. The summed E-state index contributed by atoms with van der Waals surface area (Å²) in [6.07, 6.45) is 9.94. The lowest BCUT2D eigenvalue weighted by Gasteiger charge is -2.36. The van der Waals surface area contributed by atoms with Gasteiger partial charge in [-0.1, -0.05) is 19.9 Å². The van der Waals surface area contributed by atoms with Crippen LogP contribution in [0.15, 0.2) is 30.6 Å². The fourth-order valence-corrected chi connectivity index (χ4v) is 4.23. The van der Waals surface area contributed by atoms with Crippen molar-refractivity contribution in [3.05, 3.63) is 47.4 Å². The second kappa shape index (κ2) is 9.43. The van der Waals surface area contributed by atoms with Gasteiger partial charge in [0, 0.05) is 49.3 Å². The largest absolute Gasteiger partial charge is 0.396 e. The molecule has 0 aliphatic carbocycles. The zero-order chi connectivity index (χ0) is 20.9. The first-order chi connectivity index (χ1) is 14.7. The molecular weight excluding hydrogens is 376 g/mol. The van der Waals surface area contributed by atoms with Crippen LogP contribution in [0.1, 0.15) is 56.4 Å². The molecule has 1 fully saturated rings. The summed E-state index contributed by atoms with van der Waals surface area (Å²) < 4.78 is 1.90. The molecule has 30 heavy (non-hydrogen) atoms. The molecule has 1 aliphatic rings. The van der Waals surface area contributed by atoms with Gasteiger partial charge >= 0.3 is 0 Å². The molecule has 7 heteroatoms. The smallest absolute Gasteiger partial charge is 0.162 e. The monoisotopic (exact) mass is 408 g/mol. The second-order valence-corrected chi connectivity index (χ2v) is 7.98. The lowest BCUT2D eigenvalue weighted by molar-refractivity contribution is 0.262. The molecule has 1 aliphatic heterocycles. The predicted octanol–water partition coefficient (Wildman–Crippen LogP) is 3.60. The number of aryl methyl sites for hydroxylation is 2. The van der Waals surface area contributed by atoms with Crippen LogP contribution in [-0.4, -0.2) is 43.9 Å². The van der Waals surface area contributed by atoms with E-state index in [1.54, 1.807) is 0 Å². The van der Waals surface area contributed by atoms with Gasteiger partial charge in [-0.3, -0.25) is 4.98 Å². The van der Waals surface area contributed by atoms with Crippen molar-refractivity contribution in [2.45, 2.75) is 65.0 Å². The first-order valence-corrected chi connectivity index (χ1v) is 11.2. The Hall–Kier alpha value is -2.67. The Morgan fingerprint density at radius 3 is 2.80 bits per heavy atom. The molecule has 0 bridgehead atoms. The number of aliphatic hydroxyl groups excluding tert-OH is 1. The third kappa shape index (κ3) is 4.26. The lowest BCUT2D eigenvalue weighted by Crippen LogP contribution is -2.40. The van der Waals surface area contributed by atoms with Crippen LogP contribution in [0.2, 0.25) is 0 Å². The molecule has 4 heterocycles. The summed E-state index contributed by atoms with van der Waals surface area (Å²) in [5.74, 6) is 1.90. The summed E-state index contributed by atoms with van der Waals surface area (Å²) >= 11 is 0. The number of pyridine rings is 1. The van der Waals surface area contributed by atoms with Crippen molar-refractivity contribution in [3.63, 3.8) is 0 Å². The van der Waals surface area contributed by atoms with Crippen molar-refractivity contribution in [3.8, 4) is 0 Å². The van der Waals surface area contributed by atoms with Crippen molar-refractivity contribution >= 4 is 17.3 Å². The van der Waals surface area contributed by atoms with Gasteiger partial charge in [-0.2, -0.15) is 9.61 Å². The molecule has 160 valence electrons. The minimum atomic E-state index is 0.210. The van der Waals surface area contributed by atoms with E-state index in [-0.39, 0.29) is 6.61 Å². The van der Waals surface area contributed by atoms with Crippen LogP contribution in [0.3, 0.4) is 0 Å². The molecule has 1 saturated heterocycles. The number of hydrogen-bond donors (Lipinski definition) is 2. The maximum atomic E-state index is 9.53. The van der Waals surface area contributed by atoms with Crippen LogP contribution in [0, 0.1) is 0 Å². The molecular formula is C23H32N6O. The van der Waals surface area contributed by atoms with Crippen LogP contribution in [0.5, 0.6) is 0 Å². The quantitative estimate of drug-likeness (QED) is 0.593. The van der Waals surface area contributed by atoms with E-state index in [1.165, 1.54) is 6.42 Å². The number of anilines is 2. The Labute approximate surface area is 178 Å². The molecule has 2 N–H and O–H groups in total. The molecule has 4 rings (SSSR count). The number of aliphatic hydroxyl groups is 1. The molecule has 0 saturated carbocycles. The van der Waals surface area contributed by atoms with E-state index < -0.39 is 0 Å². The number of hydrogen-bond acceptors (Lipinski definition) is 6. The molecule has 0 radical (unpaired) electrons. The van der Waals surface area contributed by atoms with Gasteiger partial charge in [-0.25, -0.2) is 4.98 Å². The van der Waals surface area contributed by atoms with Crippen molar-refractivity contribution < 1.29 is 5.11 Å². The summed E-state index contributed by atoms with van der Waals surface area (Å²) in [5, 5.41) is 17.7. The van der Waals surface area contributed by atoms with Crippen molar-refractivity contribution in [1.29, 1.82) is 0 Å². The summed E-state index contributed by atoms with van der Waals surface area (Å²) in [6.45, 7) is 6.11. The zero-order valence-electron chi connectivity index (χ0n) is 18.0. The van der Waals surface area contributed by atoms with E-state index in [9.17, 15) is 5.11 Å². The Morgan fingerprint density at radius 1 is 1.17 bits per heavy atom. The molecule has 0 amide bonds. The van der Waals surface area contributed by atoms with Crippen LogP contribution in [-0.2, 0) is 19.4 Å². The highest BCUT2D eigenvalue weighted by atomic mass is 16.3. The second-order valence-electron chi connectivity index (χ2n) is 7.98. The summed E-state index contributed by atoms with van der Waals surface area (Å²) in [5.41, 5.74) is 4.29. The van der Waals surface area contributed by atoms with Crippen LogP contribution in [0.25, 0.3) is 5.65 Å². The zero-order valence-corrected chi connectivity index (χ0v) is 18.0. The molecule has 0 unspecified atom stereocenters. The third-order valence-electron chi connectivity index (χ3n) is 6.02. The molecule has 3 aromatic heterocycles. The maximum absolute atomic E-state index is 9.53. The standard InChI is InChI=1S/C23H32N6O/c1-3-18-16-26-29-21(25-15-17-8-9-19(4-2)24-14-17)13-22(27-23(18)29)28-11-6-5-7-20(28)10-12-30/h8-9,13-14,16,20,25,30H,3-7,10-12,15H2,1-2H3/t20-/m0/s1. The number of nitrogens with zero attached hydrogens (tertiary/aromatic N) is 5. The minimum Gasteiger partial charge on any atom is -0.396 e. The fraction of sp³-hybridized carbons (Fsp3) is 0.522. The molecule has 0 spiro atoms. The van der Waals surface area contributed by atoms with Gasteiger partial charge in [-0.05, 0) is 50.2 Å². The van der Waals surface area contributed by atoms with Crippen LogP contribution >= 0.6 is 0 Å². The topological polar surface area (TPSA) is 78.6 Å². The Bertz CT molecular complexity index is 966. The lowest BCUT2D eigenvalue weighted by atomic mass is 9.99. The number of nitrogens with one attached hydrogen (secondary N) is 1. The summed E-state index contributed by atoms with van der Waals surface area (Å²) in [7, 11) is 0. The number of fused-ring (bicyclic) bond motifs is 1. The van der Waals surface area contributed by atoms with Crippen LogP contribution < -0.4 is 10.2 Å². The highest BCUT2D eigenvalue weighted by Gasteiger charge is 2.24. The molecule has 0 aromatic carbocycles. The van der Waals surface area contributed by atoms with Gasteiger partial charge < -0.3 is 15.3 Å². The van der Waals surface area contributed by atoms with Crippen molar-refractivity contribution in [2.75, 3.05) is 23.4 Å². The predicted molar refractivity (Wildman–Crippen MR) is 120 cm³/mol. The van der Waals surface area contributed by atoms with Crippen LogP contribution in [0.4, 0.5) is 11.6 Å². The van der Waals surface area contributed by atoms with Crippen molar-refractivity contribution in [2.24, 2.45) is 0 Å². The van der Waals surface area contributed by atoms with E-state index in [0.717, 1.165) is 72.8 Å². The van der Waals surface area contributed by atoms with E-state index >= 15 is 0 Å². The van der Waals surface area contributed by atoms with Gasteiger partial charge in [0.25, 0.3) is 0 Å². The highest BCUT2D eigenvalue weighted by molar-refractivity contribution is 5.61. The molecule has 3 aromatic rings. The van der Waals surface area contributed by atoms with Gasteiger partial charge in [0.2, 0.25) is 0 Å². The average Bonchev–Trinajstić information content (AvgIpc) is 3.21. The van der Waals surface area contributed by atoms with Crippen molar-refractivity contribution in [1.82, 2.24) is 19.6 Å². The van der Waals surface area contributed by atoms with E-state index in [4.69, 9.17) is 4.98 Å². The normalized spacial score (nSPS) is 16.9. The Morgan fingerprint density at radius 2 is 2.07 bits per heavy atom. The van der Waals surface area contributed by atoms with Gasteiger partial charge in [-0.15, -0.1) is 0 Å². The highest BCUT2D eigenvalue weighted by Crippen LogP contribution is 2.29. The summed E-state index contributed by atoms with van der Waals surface area (Å²) in [6, 6.07) is 6.65. The molecule has 1 atom stereocenters. The van der Waals surface area contributed by atoms with Gasteiger partial charge in [0.15, 0.2) is 5.65 Å². The first kappa shape index (κ1) is 20.6. The average molecular weight is 409 g/mol. The minimum absolute atomic E-state index is 0.210. The first-order valence-electron chi connectivity index (χ1n) is 11.2. The van der Waals surface area contributed by atoms with E-state index in [1.807, 2.05) is 16.9 Å². The summed E-state index contributed by atoms with van der Waals surface area (Å²) in [4.78, 5) is 11.9. The van der Waals surface area contributed by atoms with Gasteiger partial charge in [0.05, 0.1) is 6.20 Å². The Balaban J connectivity index is 1.66. The maximum Gasteiger partial charge on any atom is 0.162 e. The Kier molecular flexibility index (Phi) is 6.47. The van der Waals surface area contributed by atoms with E-state index in [2.05, 4.69) is 52.3 Å². The number of aromatic nitrogens is 4. The number of piperidine rings is 1. The van der Waals surface area contributed by atoms with Gasteiger partial charge in [0.1, 0.15) is 11.6 Å². The SMILES string of the molecule is CCc1ccc(CNc2cc(N3CCCC[C@H]3CCO)nc3c(CC)cnn23)cn1. The number of rotatable bonds is 8. The molecule has 7 nitrogen and oxygen atoms in total. The third-order valence-corrected chi connectivity index (χ3v) is 6.02.